The van der Waals surface area contributed by atoms with Crippen LogP contribution in [0.3, 0.4) is 0 Å². The monoisotopic (exact) mass is 277 g/mol. The van der Waals surface area contributed by atoms with Crippen LogP contribution < -0.4 is 5.32 Å². The first-order valence-corrected chi connectivity index (χ1v) is 7.20. The fraction of sp³-hybridized carbons (Fsp3) is 0.643. The summed E-state index contributed by atoms with van der Waals surface area (Å²) in [6.07, 6.45) is 5.67. The van der Waals surface area contributed by atoms with Crippen LogP contribution in [-0.2, 0) is 19.5 Å². The van der Waals surface area contributed by atoms with Crippen LogP contribution in [-0.4, -0.2) is 26.2 Å². The van der Waals surface area contributed by atoms with Crippen molar-refractivity contribution in [1.82, 2.24) is 25.0 Å². The van der Waals surface area contributed by atoms with Crippen LogP contribution in [0.4, 0.5) is 0 Å². The first-order chi connectivity index (χ1) is 9.67. The number of rotatable bonds is 8. The van der Waals surface area contributed by atoms with E-state index in [9.17, 15) is 0 Å². The molecule has 6 heteroatoms. The average Bonchev–Trinajstić information content (AvgIpc) is 3.00. The molecule has 6 nitrogen and oxygen atoms in total. The Labute approximate surface area is 119 Å². The highest BCUT2D eigenvalue weighted by atomic mass is 16.5. The second-order valence-electron chi connectivity index (χ2n) is 5.42. The minimum absolute atomic E-state index is 0.602. The van der Waals surface area contributed by atoms with Crippen molar-refractivity contribution >= 4 is 0 Å². The van der Waals surface area contributed by atoms with E-state index in [0.29, 0.717) is 24.2 Å². The molecule has 0 aromatic carbocycles. The Kier molecular flexibility index (Phi) is 5.29. The van der Waals surface area contributed by atoms with Gasteiger partial charge in [0.15, 0.2) is 5.82 Å². The Bertz CT molecular complexity index is 517. The molecule has 1 N–H and O–H groups in total. The molecule has 0 aliphatic heterocycles. The van der Waals surface area contributed by atoms with E-state index in [0.717, 1.165) is 31.6 Å². The quantitative estimate of drug-likeness (QED) is 0.799. The van der Waals surface area contributed by atoms with Crippen molar-refractivity contribution in [3.63, 3.8) is 0 Å². The maximum Gasteiger partial charge on any atom is 0.226 e. The minimum atomic E-state index is 0.602. The summed E-state index contributed by atoms with van der Waals surface area (Å²) in [7, 11) is 0. The van der Waals surface area contributed by atoms with E-state index in [2.05, 4.69) is 41.2 Å². The van der Waals surface area contributed by atoms with Crippen LogP contribution in [0, 0.1) is 5.92 Å². The number of hydrogen-bond acceptors (Lipinski definition) is 5. The van der Waals surface area contributed by atoms with Crippen LogP contribution in [0.5, 0.6) is 0 Å². The molecule has 2 rings (SSSR count). The standard InChI is InChI=1S/C14H23N5O/c1-4-5-14-17-13(18-20-14)9-19-8-12(16-10-19)7-15-6-11(2)3/h8,10-11,15H,4-7,9H2,1-3H3. The van der Waals surface area contributed by atoms with Gasteiger partial charge in [-0.05, 0) is 18.9 Å². The molecular weight excluding hydrogens is 254 g/mol. The number of nitrogens with one attached hydrogen (secondary N) is 1. The van der Waals surface area contributed by atoms with Crippen LogP contribution >= 0.6 is 0 Å². The number of aromatic nitrogens is 4. The van der Waals surface area contributed by atoms with Gasteiger partial charge in [-0.15, -0.1) is 0 Å². The SMILES string of the molecule is CCCc1nc(Cn2cnc(CNCC(C)C)c2)no1. The van der Waals surface area contributed by atoms with Crippen LogP contribution in [0.25, 0.3) is 0 Å². The second kappa shape index (κ2) is 7.19. The summed E-state index contributed by atoms with van der Waals surface area (Å²) in [6.45, 7) is 8.86. The fourth-order valence-electron chi connectivity index (χ4n) is 1.91. The number of aryl methyl sites for hydroxylation is 1. The van der Waals surface area contributed by atoms with Gasteiger partial charge in [0.05, 0.1) is 18.6 Å². The summed E-state index contributed by atoms with van der Waals surface area (Å²) in [4.78, 5) is 8.71. The van der Waals surface area contributed by atoms with Crippen LogP contribution in [0.2, 0.25) is 0 Å². The summed E-state index contributed by atoms with van der Waals surface area (Å²) in [5.74, 6) is 2.06. The summed E-state index contributed by atoms with van der Waals surface area (Å²) in [5, 5.41) is 7.35. The van der Waals surface area contributed by atoms with Crippen molar-refractivity contribution in [2.45, 2.75) is 46.7 Å². The van der Waals surface area contributed by atoms with E-state index < -0.39 is 0 Å². The van der Waals surface area contributed by atoms with Crippen molar-refractivity contribution < 1.29 is 4.52 Å². The minimum Gasteiger partial charge on any atom is -0.339 e. The number of nitrogens with zero attached hydrogens (tertiary/aromatic N) is 4. The molecule has 0 saturated carbocycles. The first kappa shape index (κ1) is 14.7. The van der Waals surface area contributed by atoms with Gasteiger partial charge >= 0.3 is 0 Å². The lowest BCUT2D eigenvalue weighted by Gasteiger charge is -2.04. The lowest BCUT2D eigenvalue weighted by atomic mass is 10.2. The van der Waals surface area contributed by atoms with Crippen molar-refractivity contribution in [3.05, 3.63) is 29.9 Å². The molecule has 20 heavy (non-hydrogen) atoms. The average molecular weight is 277 g/mol. The van der Waals surface area contributed by atoms with Crippen molar-refractivity contribution in [1.29, 1.82) is 0 Å². The predicted molar refractivity (Wildman–Crippen MR) is 76.2 cm³/mol. The molecule has 0 amide bonds. The van der Waals surface area contributed by atoms with E-state index in [1.165, 1.54) is 0 Å². The zero-order valence-electron chi connectivity index (χ0n) is 12.5. The van der Waals surface area contributed by atoms with Crippen molar-refractivity contribution in [3.8, 4) is 0 Å². The van der Waals surface area contributed by atoms with Crippen molar-refractivity contribution in [2.75, 3.05) is 6.54 Å². The van der Waals surface area contributed by atoms with E-state index in [1.54, 1.807) is 0 Å². The molecule has 0 aliphatic rings. The van der Waals surface area contributed by atoms with Gasteiger partial charge in [-0.2, -0.15) is 4.98 Å². The Morgan fingerprint density at radius 1 is 1.40 bits per heavy atom. The number of imidazole rings is 1. The Morgan fingerprint density at radius 3 is 3.00 bits per heavy atom. The van der Waals surface area contributed by atoms with Crippen LogP contribution in [0.15, 0.2) is 17.0 Å². The molecule has 110 valence electrons. The highest BCUT2D eigenvalue weighted by Crippen LogP contribution is 2.04. The van der Waals surface area contributed by atoms with Crippen molar-refractivity contribution in [2.24, 2.45) is 5.92 Å². The van der Waals surface area contributed by atoms with Gasteiger partial charge in [-0.25, -0.2) is 4.98 Å². The first-order valence-electron chi connectivity index (χ1n) is 7.20. The zero-order chi connectivity index (χ0) is 14.4. The molecule has 2 aromatic heterocycles. The molecule has 0 saturated heterocycles. The largest absolute Gasteiger partial charge is 0.339 e. The van der Waals surface area contributed by atoms with Gasteiger partial charge < -0.3 is 14.4 Å². The molecule has 0 fully saturated rings. The van der Waals surface area contributed by atoms with Gasteiger partial charge in [-0.1, -0.05) is 25.9 Å². The van der Waals surface area contributed by atoms with E-state index in [-0.39, 0.29) is 0 Å². The van der Waals surface area contributed by atoms with E-state index in [4.69, 9.17) is 4.52 Å². The van der Waals surface area contributed by atoms with E-state index >= 15 is 0 Å². The topological polar surface area (TPSA) is 68.8 Å². The smallest absolute Gasteiger partial charge is 0.226 e. The van der Waals surface area contributed by atoms with Gasteiger partial charge in [0.25, 0.3) is 0 Å². The second-order valence-corrected chi connectivity index (χ2v) is 5.42. The zero-order valence-corrected chi connectivity index (χ0v) is 12.5. The Morgan fingerprint density at radius 2 is 2.25 bits per heavy atom. The predicted octanol–water partition coefficient (Wildman–Crippen LogP) is 2.01. The highest BCUT2D eigenvalue weighted by Gasteiger charge is 2.07. The molecule has 0 aliphatic carbocycles. The third-order valence-corrected chi connectivity index (χ3v) is 2.84. The Balaban J connectivity index is 1.85. The molecule has 0 atom stereocenters. The maximum absolute atomic E-state index is 5.17. The normalized spacial score (nSPS) is 11.4. The molecule has 0 unspecified atom stereocenters. The van der Waals surface area contributed by atoms with Gasteiger partial charge in [0.2, 0.25) is 5.89 Å². The van der Waals surface area contributed by atoms with E-state index in [1.807, 2.05) is 17.1 Å². The number of hydrogen-bond donors (Lipinski definition) is 1. The van der Waals surface area contributed by atoms with Gasteiger partial charge in [0, 0.05) is 19.2 Å². The third-order valence-electron chi connectivity index (χ3n) is 2.84. The lowest BCUT2D eigenvalue weighted by molar-refractivity contribution is 0.371. The molecule has 0 spiro atoms. The highest BCUT2D eigenvalue weighted by molar-refractivity contribution is 4.98. The maximum atomic E-state index is 5.17. The summed E-state index contributed by atoms with van der Waals surface area (Å²) in [6, 6.07) is 0. The third kappa shape index (κ3) is 4.45. The molecule has 2 heterocycles. The summed E-state index contributed by atoms with van der Waals surface area (Å²) < 4.78 is 7.15. The molecule has 0 radical (unpaired) electrons. The van der Waals surface area contributed by atoms with Crippen LogP contribution in [0.1, 0.15) is 44.6 Å². The molecular formula is C14H23N5O. The Hall–Kier alpha value is -1.69. The van der Waals surface area contributed by atoms with Gasteiger partial charge in [0.1, 0.15) is 0 Å². The van der Waals surface area contributed by atoms with Gasteiger partial charge in [-0.3, -0.25) is 0 Å². The lowest BCUT2D eigenvalue weighted by Crippen LogP contribution is -2.19. The molecule has 2 aromatic rings. The fourth-order valence-corrected chi connectivity index (χ4v) is 1.91. The summed E-state index contributed by atoms with van der Waals surface area (Å²) >= 11 is 0. The summed E-state index contributed by atoms with van der Waals surface area (Å²) in [5.41, 5.74) is 1.03. The molecule has 0 bridgehead atoms.